The summed E-state index contributed by atoms with van der Waals surface area (Å²) in [5.41, 5.74) is 1.60. The summed E-state index contributed by atoms with van der Waals surface area (Å²) in [5.74, 6) is 1.84. The SMILES string of the molecule is Oc1ccc(-c2nnc(C(S)Cc3cc4ccccc4o3)o2)cc1. The van der Waals surface area contributed by atoms with E-state index in [1.165, 1.54) is 0 Å². The molecule has 2 aromatic heterocycles. The van der Waals surface area contributed by atoms with Crippen LogP contribution in [0.25, 0.3) is 22.4 Å². The van der Waals surface area contributed by atoms with Crippen LogP contribution in [0, 0.1) is 0 Å². The number of rotatable bonds is 4. The smallest absolute Gasteiger partial charge is 0.247 e. The van der Waals surface area contributed by atoms with Crippen LogP contribution in [-0.4, -0.2) is 15.3 Å². The van der Waals surface area contributed by atoms with E-state index in [0.717, 1.165) is 22.3 Å². The Morgan fingerprint density at radius 3 is 2.58 bits per heavy atom. The number of para-hydroxylation sites is 1. The monoisotopic (exact) mass is 338 g/mol. The first-order valence-electron chi connectivity index (χ1n) is 7.47. The van der Waals surface area contributed by atoms with Crippen molar-refractivity contribution in [3.8, 4) is 17.2 Å². The van der Waals surface area contributed by atoms with Crippen LogP contribution in [0.1, 0.15) is 16.9 Å². The molecule has 1 atom stereocenters. The average Bonchev–Trinajstić information content (AvgIpc) is 3.21. The fourth-order valence-corrected chi connectivity index (χ4v) is 2.79. The Labute approximate surface area is 143 Å². The van der Waals surface area contributed by atoms with Crippen molar-refractivity contribution in [1.82, 2.24) is 10.2 Å². The van der Waals surface area contributed by atoms with E-state index in [-0.39, 0.29) is 11.0 Å². The maximum Gasteiger partial charge on any atom is 0.247 e. The lowest BCUT2D eigenvalue weighted by Crippen LogP contribution is -1.95. The third-order valence-corrected chi connectivity index (χ3v) is 4.11. The van der Waals surface area contributed by atoms with Gasteiger partial charge in [0.05, 0.1) is 5.25 Å². The average molecular weight is 338 g/mol. The normalized spacial score (nSPS) is 12.5. The molecule has 5 nitrogen and oxygen atoms in total. The van der Waals surface area contributed by atoms with Crippen LogP contribution in [0.3, 0.4) is 0 Å². The molecular formula is C18H14N2O3S. The molecule has 0 fully saturated rings. The molecule has 0 aliphatic rings. The summed E-state index contributed by atoms with van der Waals surface area (Å²) < 4.78 is 11.5. The van der Waals surface area contributed by atoms with Crippen molar-refractivity contribution in [2.75, 3.05) is 0 Å². The molecule has 120 valence electrons. The van der Waals surface area contributed by atoms with Crippen molar-refractivity contribution in [3.63, 3.8) is 0 Å². The van der Waals surface area contributed by atoms with Gasteiger partial charge in [0.15, 0.2) is 0 Å². The van der Waals surface area contributed by atoms with E-state index in [1.54, 1.807) is 24.3 Å². The van der Waals surface area contributed by atoms with Gasteiger partial charge in [-0.1, -0.05) is 18.2 Å². The Morgan fingerprint density at radius 1 is 1.00 bits per heavy atom. The Hall–Kier alpha value is -2.73. The number of benzene rings is 2. The van der Waals surface area contributed by atoms with Crippen molar-refractivity contribution in [1.29, 1.82) is 0 Å². The summed E-state index contributed by atoms with van der Waals surface area (Å²) in [7, 11) is 0. The van der Waals surface area contributed by atoms with Gasteiger partial charge in [0.1, 0.15) is 17.1 Å². The molecule has 1 unspecified atom stereocenters. The maximum atomic E-state index is 9.33. The predicted molar refractivity (Wildman–Crippen MR) is 93.0 cm³/mol. The number of hydrogen-bond acceptors (Lipinski definition) is 6. The van der Waals surface area contributed by atoms with Gasteiger partial charge in [0, 0.05) is 17.4 Å². The molecule has 0 bridgehead atoms. The Bertz CT molecular complexity index is 942. The topological polar surface area (TPSA) is 72.3 Å². The predicted octanol–water partition coefficient (Wildman–Crippen LogP) is 4.40. The fraction of sp³-hybridized carbons (Fsp3) is 0.111. The number of nitrogens with zero attached hydrogens (tertiary/aromatic N) is 2. The molecule has 0 radical (unpaired) electrons. The Morgan fingerprint density at radius 2 is 1.79 bits per heavy atom. The number of fused-ring (bicyclic) bond motifs is 1. The number of aromatic hydroxyl groups is 1. The van der Waals surface area contributed by atoms with Crippen molar-refractivity contribution in [2.45, 2.75) is 11.7 Å². The van der Waals surface area contributed by atoms with E-state index in [0.29, 0.717) is 18.2 Å². The number of furan rings is 1. The Kier molecular flexibility index (Phi) is 3.74. The van der Waals surface area contributed by atoms with Crippen molar-refractivity contribution in [2.24, 2.45) is 0 Å². The minimum Gasteiger partial charge on any atom is -0.508 e. The van der Waals surface area contributed by atoms with Crippen LogP contribution in [0.15, 0.2) is 63.4 Å². The summed E-state index contributed by atoms with van der Waals surface area (Å²) in [5, 5.41) is 18.2. The van der Waals surface area contributed by atoms with Gasteiger partial charge in [0.2, 0.25) is 11.8 Å². The highest BCUT2D eigenvalue weighted by atomic mass is 32.1. The molecule has 0 spiro atoms. The van der Waals surface area contributed by atoms with Gasteiger partial charge in [-0.15, -0.1) is 10.2 Å². The molecule has 24 heavy (non-hydrogen) atoms. The van der Waals surface area contributed by atoms with E-state index in [4.69, 9.17) is 8.83 Å². The summed E-state index contributed by atoms with van der Waals surface area (Å²) >= 11 is 4.56. The second-order valence-corrected chi connectivity index (χ2v) is 6.09. The third-order valence-electron chi connectivity index (χ3n) is 3.71. The number of hydrogen-bond donors (Lipinski definition) is 2. The standard InChI is InChI=1S/C18H14N2O3S/c21-13-7-5-11(6-8-13)17-19-20-18(23-17)16(24)10-14-9-12-3-1-2-4-15(12)22-14/h1-9,16,21,24H,10H2. The Balaban J connectivity index is 1.54. The van der Waals surface area contributed by atoms with Crippen LogP contribution in [0.2, 0.25) is 0 Å². The van der Waals surface area contributed by atoms with Crippen molar-refractivity contribution < 1.29 is 13.9 Å². The molecule has 1 N–H and O–H groups in total. The van der Waals surface area contributed by atoms with E-state index in [9.17, 15) is 5.11 Å². The molecular weight excluding hydrogens is 324 g/mol. The second-order valence-electron chi connectivity index (χ2n) is 5.46. The van der Waals surface area contributed by atoms with Crippen LogP contribution in [0.5, 0.6) is 5.75 Å². The van der Waals surface area contributed by atoms with Gasteiger partial charge >= 0.3 is 0 Å². The summed E-state index contributed by atoms with van der Waals surface area (Å²) in [6.07, 6.45) is 0.551. The molecule has 0 amide bonds. The van der Waals surface area contributed by atoms with Crippen LogP contribution in [-0.2, 0) is 6.42 Å². The minimum atomic E-state index is -0.260. The molecule has 0 aliphatic heterocycles. The van der Waals surface area contributed by atoms with Gasteiger partial charge in [-0.2, -0.15) is 12.6 Å². The van der Waals surface area contributed by atoms with Gasteiger partial charge in [0.25, 0.3) is 0 Å². The molecule has 6 heteroatoms. The van der Waals surface area contributed by atoms with Gasteiger partial charge < -0.3 is 13.9 Å². The van der Waals surface area contributed by atoms with Crippen LogP contribution >= 0.6 is 12.6 Å². The largest absolute Gasteiger partial charge is 0.508 e. The minimum absolute atomic E-state index is 0.190. The highest BCUT2D eigenvalue weighted by molar-refractivity contribution is 7.80. The fourth-order valence-electron chi connectivity index (χ4n) is 2.51. The van der Waals surface area contributed by atoms with Crippen LogP contribution in [0.4, 0.5) is 0 Å². The van der Waals surface area contributed by atoms with E-state index < -0.39 is 0 Å². The zero-order valence-electron chi connectivity index (χ0n) is 12.6. The molecule has 0 saturated heterocycles. The highest BCUT2D eigenvalue weighted by Crippen LogP contribution is 2.29. The molecule has 4 aromatic rings. The number of thiol groups is 1. The van der Waals surface area contributed by atoms with Gasteiger partial charge in [-0.05, 0) is 36.4 Å². The molecule has 4 rings (SSSR count). The first kappa shape index (κ1) is 14.8. The molecule has 2 aromatic carbocycles. The molecule has 2 heterocycles. The van der Waals surface area contributed by atoms with Gasteiger partial charge in [-0.25, -0.2) is 0 Å². The number of aromatic nitrogens is 2. The quantitative estimate of drug-likeness (QED) is 0.540. The number of phenolic OH excluding ortho intramolecular Hbond substituents is 1. The second kappa shape index (κ2) is 6.05. The van der Waals surface area contributed by atoms with E-state index >= 15 is 0 Å². The zero-order valence-corrected chi connectivity index (χ0v) is 13.5. The first-order valence-corrected chi connectivity index (χ1v) is 7.99. The van der Waals surface area contributed by atoms with Gasteiger partial charge in [-0.3, -0.25) is 0 Å². The summed E-state index contributed by atoms with van der Waals surface area (Å²) in [6.45, 7) is 0. The van der Waals surface area contributed by atoms with Crippen LogP contribution < -0.4 is 0 Å². The first-order chi connectivity index (χ1) is 11.7. The van der Waals surface area contributed by atoms with Crippen molar-refractivity contribution in [3.05, 3.63) is 66.2 Å². The zero-order chi connectivity index (χ0) is 16.5. The number of phenols is 1. The highest BCUT2D eigenvalue weighted by Gasteiger charge is 2.18. The van der Waals surface area contributed by atoms with Crippen molar-refractivity contribution >= 4 is 23.6 Å². The lowest BCUT2D eigenvalue weighted by molar-refractivity contribution is 0.474. The summed E-state index contributed by atoms with van der Waals surface area (Å²) in [6, 6.07) is 16.4. The molecule has 0 saturated carbocycles. The maximum absolute atomic E-state index is 9.33. The lowest BCUT2D eigenvalue weighted by atomic mass is 10.2. The summed E-state index contributed by atoms with van der Waals surface area (Å²) in [4.78, 5) is 0. The lowest BCUT2D eigenvalue weighted by Gasteiger charge is -2.02. The van der Waals surface area contributed by atoms with E-state index in [1.807, 2.05) is 30.3 Å². The molecule has 0 aliphatic carbocycles. The third kappa shape index (κ3) is 2.88. The van der Waals surface area contributed by atoms with E-state index in [2.05, 4.69) is 22.8 Å².